The number of hydrogen-bond donors (Lipinski definition) is 0. The lowest BCUT2D eigenvalue weighted by Gasteiger charge is -2.27. The molecule has 0 spiro atoms. The van der Waals surface area contributed by atoms with Crippen molar-refractivity contribution in [3.63, 3.8) is 0 Å². The summed E-state index contributed by atoms with van der Waals surface area (Å²) in [5.41, 5.74) is 11.4. The van der Waals surface area contributed by atoms with Gasteiger partial charge in [-0.15, -0.1) is 0 Å². The Hall–Kier alpha value is -7.17. The van der Waals surface area contributed by atoms with Crippen molar-refractivity contribution in [1.82, 2.24) is 13.8 Å². The molecule has 4 heteroatoms. The van der Waals surface area contributed by atoms with Crippen molar-refractivity contribution in [2.45, 2.75) is 0 Å². The van der Waals surface area contributed by atoms with E-state index in [0.717, 1.165) is 33.7 Å². The van der Waals surface area contributed by atoms with Crippen LogP contribution in [0.1, 0.15) is 0 Å². The molecule has 53 heavy (non-hydrogen) atoms. The Kier molecular flexibility index (Phi) is 5.08. The molecule has 5 heterocycles. The summed E-state index contributed by atoms with van der Waals surface area (Å²) in [6.45, 7) is 0. The predicted octanol–water partition coefficient (Wildman–Crippen LogP) is 13.2. The van der Waals surface area contributed by atoms with Gasteiger partial charge in [0.25, 0.3) is 0 Å². The zero-order chi connectivity index (χ0) is 34.4. The summed E-state index contributed by atoms with van der Waals surface area (Å²) in [5, 5.41) is 13.7. The number of nitrogens with zero attached hydrogens (tertiary/aromatic N) is 4. The van der Waals surface area contributed by atoms with Gasteiger partial charge in [0.2, 0.25) is 0 Å². The molecule has 0 fully saturated rings. The molecule has 0 amide bonds. The summed E-state index contributed by atoms with van der Waals surface area (Å²) >= 11 is 0. The molecule has 0 saturated heterocycles. The fourth-order valence-electron chi connectivity index (χ4n) is 9.61. The molecule has 0 saturated carbocycles. The Morgan fingerprint density at radius 3 is 1.72 bits per heavy atom. The minimum atomic E-state index is 1.01. The molecule has 13 rings (SSSR count). The first kappa shape index (κ1) is 27.5. The van der Waals surface area contributed by atoms with E-state index in [2.05, 4.69) is 184 Å². The van der Waals surface area contributed by atoms with Gasteiger partial charge in [0.15, 0.2) is 0 Å². The van der Waals surface area contributed by atoms with E-state index in [9.17, 15) is 0 Å². The summed E-state index contributed by atoms with van der Waals surface area (Å²) < 4.78 is 4.93. The van der Waals surface area contributed by atoms with Gasteiger partial charge in [0.05, 0.1) is 38.8 Å². The molecule has 244 valence electrons. The zero-order valence-electron chi connectivity index (χ0n) is 28.5. The maximum absolute atomic E-state index is 5.68. The van der Waals surface area contributed by atoms with E-state index in [1.54, 1.807) is 0 Å². The molecule has 0 atom stereocenters. The first-order valence-electron chi connectivity index (χ1n) is 18.2. The molecular weight excluding hydrogens is 645 g/mol. The van der Waals surface area contributed by atoms with Crippen molar-refractivity contribution in [3.05, 3.63) is 170 Å². The summed E-state index contributed by atoms with van der Waals surface area (Å²) in [4.78, 5) is 8.09. The summed E-state index contributed by atoms with van der Waals surface area (Å²) in [7, 11) is 0. The Labute approximate surface area is 302 Å². The first-order chi connectivity index (χ1) is 26.3. The largest absolute Gasteiger partial charge is 0.308 e. The molecule has 8 aromatic carbocycles. The number of rotatable bonds is 3. The van der Waals surface area contributed by atoms with Crippen LogP contribution in [0.3, 0.4) is 0 Å². The lowest BCUT2D eigenvalue weighted by molar-refractivity contribution is 1.27. The summed E-state index contributed by atoms with van der Waals surface area (Å²) in [6, 6.07) is 61.9. The zero-order valence-corrected chi connectivity index (χ0v) is 28.5. The average molecular weight is 673 g/mol. The van der Waals surface area contributed by atoms with Crippen LogP contribution in [0, 0.1) is 0 Å². The molecular formula is C49H28N4. The molecule has 0 aliphatic carbocycles. The molecule has 0 aliphatic heterocycles. The monoisotopic (exact) mass is 672 g/mol. The molecule has 13 aromatic rings. The second kappa shape index (κ2) is 9.78. The van der Waals surface area contributed by atoms with Gasteiger partial charge in [-0.3, -0.25) is 4.40 Å². The molecule has 0 bridgehead atoms. The van der Waals surface area contributed by atoms with Crippen LogP contribution in [-0.4, -0.2) is 13.8 Å². The lowest BCUT2D eigenvalue weighted by atomic mass is 10.0. The van der Waals surface area contributed by atoms with Crippen molar-refractivity contribution in [2.75, 3.05) is 4.90 Å². The van der Waals surface area contributed by atoms with Gasteiger partial charge in [-0.1, -0.05) is 127 Å². The Bertz CT molecular complexity index is 3580. The minimum absolute atomic E-state index is 1.01. The van der Waals surface area contributed by atoms with E-state index in [1.807, 2.05) is 0 Å². The predicted molar refractivity (Wildman–Crippen MR) is 223 cm³/mol. The number of fused-ring (bicyclic) bond motifs is 16. The van der Waals surface area contributed by atoms with E-state index in [1.165, 1.54) is 81.3 Å². The van der Waals surface area contributed by atoms with Gasteiger partial charge in [-0.2, -0.15) is 0 Å². The van der Waals surface area contributed by atoms with Crippen molar-refractivity contribution in [1.29, 1.82) is 0 Å². The smallest absolute Gasteiger partial charge is 0.146 e. The average Bonchev–Trinajstić information content (AvgIpc) is 3.95. The van der Waals surface area contributed by atoms with Gasteiger partial charge in [-0.25, -0.2) is 4.98 Å². The number of anilines is 3. The van der Waals surface area contributed by atoms with E-state index in [-0.39, 0.29) is 0 Å². The molecule has 5 aromatic heterocycles. The molecule has 0 aliphatic rings. The van der Waals surface area contributed by atoms with E-state index in [0.29, 0.717) is 0 Å². The SMILES string of the molecule is c1ccc(N(c2ccccc2)c2cc3ccccc3c3c4cccc5c6nc7c(cc6n(c23)c54)c2cccc3c4c5ccccc5ccc4n7c23)cc1. The molecule has 4 nitrogen and oxygen atoms in total. The minimum Gasteiger partial charge on any atom is -0.308 e. The van der Waals surface area contributed by atoms with E-state index in [4.69, 9.17) is 4.98 Å². The summed E-state index contributed by atoms with van der Waals surface area (Å²) in [5.74, 6) is 0. The van der Waals surface area contributed by atoms with Crippen LogP contribution in [0.25, 0.3) is 98.0 Å². The van der Waals surface area contributed by atoms with Crippen LogP contribution in [0.15, 0.2) is 170 Å². The third-order valence-electron chi connectivity index (χ3n) is 11.7. The van der Waals surface area contributed by atoms with Gasteiger partial charge < -0.3 is 9.30 Å². The molecule has 0 radical (unpaired) electrons. The van der Waals surface area contributed by atoms with Crippen LogP contribution in [0.2, 0.25) is 0 Å². The van der Waals surface area contributed by atoms with Crippen LogP contribution < -0.4 is 4.90 Å². The van der Waals surface area contributed by atoms with E-state index >= 15 is 0 Å². The second-order valence-electron chi connectivity index (χ2n) is 14.3. The van der Waals surface area contributed by atoms with Gasteiger partial charge in [0, 0.05) is 49.1 Å². The Morgan fingerprint density at radius 1 is 0.377 bits per heavy atom. The number of pyridine rings is 1. The number of hydrogen-bond acceptors (Lipinski definition) is 2. The fourth-order valence-corrected chi connectivity index (χ4v) is 9.61. The fraction of sp³-hybridized carbons (Fsp3) is 0. The summed E-state index contributed by atoms with van der Waals surface area (Å²) in [6.07, 6.45) is 0. The van der Waals surface area contributed by atoms with Crippen LogP contribution in [-0.2, 0) is 0 Å². The number of aromatic nitrogens is 3. The number of benzene rings is 8. The third kappa shape index (κ3) is 3.39. The van der Waals surface area contributed by atoms with Crippen molar-refractivity contribution in [3.8, 4) is 0 Å². The van der Waals surface area contributed by atoms with E-state index < -0.39 is 0 Å². The van der Waals surface area contributed by atoms with Crippen LogP contribution in [0.5, 0.6) is 0 Å². The highest BCUT2D eigenvalue weighted by atomic mass is 15.2. The van der Waals surface area contributed by atoms with Crippen LogP contribution in [0.4, 0.5) is 17.1 Å². The van der Waals surface area contributed by atoms with Crippen molar-refractivity contribution < 1.29 is 0 Å². The Morgan fingerprint density at radius 2 is 0.962 bits per heavy atom. The highest BCUT2D eigenvalue weighted by Gasteiger charge is 2.27. The lowest BCUT2D eigenvalue weighted by Crippen LogP contribution is -2.11. The molecule has 0 N–H and O–H groups in total. The second-order valence-corrected chi connectivity index (χ2v) is 14.3. The standard InChI is InChI=1S/C49H28N4/c1-3-15-31(16-4-1)51(32-17-5-2-6-18-32)42-27-30-14-8-10-20-34(30)44-37-23-12-24-38-45-41(52(47(37)38)48(42)44)28-39-35-21-11-22-36-43-33-19-9-7-13-29(33)25-26-40(43)53(46(35)36)49(39)50-45/h1-28H. The molecule has 0 unspecified atom stereocenters. The van der Waals surface area contributed by atoms with Gasteiger partial charge in [-0.05, 0) is 64.0 Å². The van der Waals surface area contributed by atoms with Crippen LogP contribution >= 0.6 is 0 Å². The highest BCUT2D eigenvalue weighted by molar-refractivity contribution is 6.33. The first-order valence-corrected chi connectivity index (χ1v) is 18.2. The van der Waals surface area contributed by atoms with Crippen molar-refractivity contribution in [2.24, 2.45) is 0 Å². The third-order valence-corrected chi connectivity index (χ3v) is 11.7. The quantitative estimate of drug-likeness (QED) is 0.187. The topological polar surface area (TPSA) is 25.0 Å². The highest BCUT2D eigenvalue weighted by Crippen LogP contribution is 2.49. The van der Waals surface area contributed by atoms with Gasteiger partial charge in [0.1, 0.15) is 5.65 Å². The normalized spacial score (nSPS) is 12.5. The maximum atomic E-state index is 5.68. The van der Waals surface area contributed by atoms with Gasteiger partial charge >= 0.3 is 0 Å². The van der Waals surface area contributed by atoms with Crippen molar-refractivity contribution >= 4 is 115 Å². The Balaban J connectivity index is 1.24. The maximum Gasteiger partial charge on any atom is 0.146 e. The number of para-hydroxylation sites is 4.